The van der Waals surface area contributed by atoms with Crippen molar-refractivity contribution in [2.24, 2.45) is 0 Å². The number of likely N-dealkylation sites (N-methyl/N-ethyl adjacent to an activating group) is 1. The van der Waals surface area contributed by atoms with Crippen molar-refractivity contribution in [3.8, 4) is 11.5 Å². The fourth-order valence-electron chi connectivity index (χ4n) is 4.34. The molecule has 0 spiro atoms. The molecule has 1 fully saturated rings. The van der Waals surface area contributed by atoms with Gasteiger partial charge in [-0.1, -0.05) is 16.8 Å². The van der Waals surface area contributed by atoms with Crippen molar-refractivity contribution in [2.75, 3.05) is 58.9 Å². The SMILES string of the molecule is COCc1nc(CC(C)=CCNC(=O)C2CCc3cc(OC)cc(N4CCN(C)CC4)c3O2)no1. The van der Waals surface area contributed by atoms with Crippen LogP contribution < -0.4 is 19.7 Å². The van der Waals surface area contributed by atoms with Gasteiger partial charge in [-0.2, -0.15) is 4.98 Å². The van der Waals surface area contributed by atoms with Gasteiger partial charge >= 0.3 is 0 Å². The summed E-state index contributed by atoms with van der Waals surface area (Å²) in [4.78, 5) is 21.8. The summed E-state index contributed by atoms with van der Waals surface area (Å²) < 4.78 is 21.9. The lowest BCUT2D eigenvalue weighted by atomic mass is 9.99. The molecule has 1 amide bonds. The highest BCUT2D eigenvalue weighted by atomic mass is 16.5. The van der Waals surface area contributed by atoms with Gasteiger partial charge in [0.25, 0.3) is 11.8 Å². The zero-order valence-corrected chi connectivity index (χ0v) is 21.0. The van der Waals surface area contributed by atoms with Gasteiger partial charge in [0.15, 0.2) is 11.9 Å². The Balaban J connectivity index is 1.36. The van der Waals surface area contributed by atoms with E-state index in [0.717, 1.165) is 60.9 Å². The van der Waals surface area contributed by atoms with Gasteiger partial charge in [0.1, 0.15) is 18.1 Å². The van der Waals surface area contributed by atoms with Crippen molar-refractivity contribution in [2.45, 2.75) is 38.9 Å². The van der Waals surface area contributed by atoms with Crippen LogP contribution in [0.4, 0.5) is 5.69 Å². The van der Waals surface area contributed by atoms with E-state index in [9.17, 15) is 4.79 Å². The number of amides is 1. The average molecular weight is 486 g/mol. The molecule has 190 valence electrons. The molecule has 1 saturated heterocycles. The van der Waals surface area contributed by atoms with Gasteiger partial charge in [-0.25, -0.2) is 0 Å². The maximum Gasteiger partial charge on any atom is 0.261 e. The van der Waals surface area contributed by atoms with E-state index in [1.807, 2.05) is 25.1 Å². The number of aryl methyl sites for hydroxylation is 1. The normalized spacial score (nSPS) is 18.7. The number of nitrogens with one attached hydrogen (secondary N) is 1. The molecule has 2 aliphatic rings. The van der Waals surface area contributed by atoms with Gasteiger partial charge < -0.3 is 33.9 Å². The van der Waals surface area contributed by atoms with Gasteiger partial charge in [0, 0.05) is 57.9 Å². The summed E-state index contributed by atoms with van der Waals surface area (Å²) in [6.07, 6.45) is 3.38. The number of rotatable bonds is 9. The number of piperazine rings is 1. The Morgan fingerprint density at radius 3 is 2.80 bits per heavy atom. The van der Waals surface area contributed by atoms with Crippen molar-refractivity contribution in [3.05, 3.63) is 41.1 Å². The highest BCUT2D eigenvalue weighted by Gasteiger charge is 2.30. The van der Waals surface area contributed by atoms with E-state index >= 15 is 0 Å². The van der Waals surface area contributed by atoms with E-state index in [0.29, 0.717) is 37.7 Å². The van der Waals surface area contributed by atoms with Crippen LogP contribution in [0.2, 0.25) is 0 Å². The number of hydrogen-bond acceptors (Lipinski definition) is 9. The number of anilines is 1. The van der Waals surface area contributed by atoms with Crippen molar-refractivity contribution in [1.29, 1.82) is 0 Å². The van der Waals surface area contributed by atoms with Crippen LogP contribution in [0.5, 0.6) is 11.5 Å². The Kier molecular flexibility index (Phi) is 8.25. The Morgan fingerprint density at radius 2 is 2.06 bits per heavy atom. The predicted molar refractivity (Wildman–Crippen MR) is 131 cm³/mol. The maximum absolute atomic E-state index is 12.9. The third kappa shape index (κ3) is 6.32. The van der Waals surface area contributed by atoms with Gasteiger partial charge in [-0.3, -0.25) is 4.79 Å². The number of ether oxygens (including phenoxy) is 3. The molecule has 2 aliphatic heterocycles. The van der Waals surface area contributed by atoms with Crippen LogP contribution in [-0.2, 0) is 29.0 Å². The first-order valence-electron chi connectivity index (χ1n) is 12.0. The topological polar surface area (TPSA) is 102 Å². The molecule has 0 aliphatic carbocycles. The molecular weight excluding hydrogens is 450 g/mol. The lowest BCUT2D eigenvalue weighted by molar-refractivity contribution is -0.128. The zero-order valence-electron chi connectivity index (χ0n) is 21.0. The highest BCUT2D eigenvalue weighted by Crippen LogP contribution is 2.41. The number of carbonyl (C=O) groups excluding carboxylic acids is 1. The number of aromatic nitrogens is 2. The molecule has 3 heterocycles. The van der Waals surface area contributed by atoms with E-state index in [4.69, 9.17) is 18.7 Å². The van der Waals surface area contributed by atoms with E-state index in [2.05, 4.69) is 32.3 Å². The van der Waals surface area contributed by atoms with Crippen LogP contribution in [0.3, 0.4) is 0 Å². The average Bonchev–Trinajstić information content (AvgIpc) is 3.30. The Bertz CT molecular complexity index is 1040. The summed E-state index contributed by atoms with van der Waals surface area (Å²) in [5.74, 6) is 2.56. The molecular formula is C25H35N5O5. The number of benzene rings is 1. The summed E-state index contributed by atoms with van der Waals surface area (Å²) in [6, 6.07) is 4.04. The molecule has 35 heavy (non-hydrogen) atoms. The summed E-state index contributed by atoms with van der Waals surface area (Å²) in [7, 11) is 5.39. The fraction of sp³-hybridized carbons (Fsp3) is 0.560. The summed E-state index contributed by atoms with van der Waals surface area (Å²) in [6.45, 7) is 6.47. The van der Waals surface area contributed by atoms with Crippen LogP contribution in [-0.4, -0.2) is 81.0 Å². The van der Waals surface area contributed by atoms with Gasteiger partial charge in [-0.05, 0) is 32.9 Å². The molecule has 1 atom stereocenters. The number of allylic oxidation sites excluding steroid dienone is 1. The number of hydrogen-bond donors (Lipinski definition) is 1. The van der Waals surface area contributed by atoms with Crippen LogP contribution >= 0.6 is 0 Å². The summed E-state index contributed by atoms with van der Waals surface area (Å²) >= 11 is 0. The van der Waals surface area contributed by atoms with E-state index < -0.39 is 6.10 Å². The van der Waals surface area contributed by atoms with Gasteiger partial charge in [-0.15, -0.1) is 0 Å². The Labute approximate surface area is 206 Å². The smallest absolute Gasteiger partial charge is 0.261 e. The quantitative estimate of drug-likeness (QED) is 0.534. The van der Waals surface area contributed by atoms with E-state index in [-0.39, 0.29) is 5.91 Å². The molecule has 10 heteroatoms. The third-order valence-electron chi connectivity index (χ3n) is 6.37. The minimum atomic E-state index is -0.523. The third-order valence-corrected chi connectivity index (χ3v) is 6.37. The summed E-state index contributed by atoms with van der Waals surface area (Å²) in [5.41, 5.74) is 3.13. The lowest BCUT2D eigenvalue weighted by Gasteiger charge is -2.37. The Hall–Kier alpha value is -3.11. The van der Waals surface area contributed by atoms with E-state index in [1.54, 1.807) is 14.2 Å². The molecule has 1 unspecified atom stereocenters. The monoisotopic (exact) mass is 485 g/mol. The molecule has 1 aromatic heterocycles. The van der Waals surface area contributed by atoms with Crippen molar-refractivity contribution in [3.63, 3.8) is 0 Å². The largest absolute Gasteiger partial charge is 0.497 e. The first-order chi connectivity index (χ1) is 17.0. The molecule has 0 bridgehead atoms. The minimum absolute atomic E-state index is 0.109. The zero-order chi connectivity index (χ0) is 24.8. The second kappa shape index (κ2) is 11.5. The molecule has 10 nitrogen and oxygen atoms in total. The van der Waals surface area contributed by atoms with E-state index in [1.165, 1.54) is 0 Å². The second-order valence-corrected chi connectivity index (χ2v) is 9.08. The van der Waals surface area contributed by atoms with Crippen LogP contribution in [0, 0.1) is 0 Å². The highest BCUT2D eigenvalue weighted by molar-refractivity contribution is 5.82. The minimum Gasteiger partial charge on any atom is -0.497 e. The second-order valence-electron chi connectivity index (χ2n) is 9.08. The first kappa shape index (κ1) is 25.0. The molecule has 1 N–H and O–H groups in total. The molecule has 2 aromatic rings. The maximum atomic E-state index is 12.9. The van der Waals surface area contributed by atoms with Gasteiger partial charge in [0.2, 0.25) is 0 Å². The molecule has 0 radical (unpaired) electrons. The molecule has 1 aromatic carbocycles. The van der Waals surface area contributed by atoms with Crippen LogP contribution in [0.15, 0.2) is 28.3 Å². The number of methoxy groups -OCH3 is 2. The van der Waals surface area contributed by atoms with Crippen LogP contribution in [0.1, 0.15) is 30.6 Å². The Morgan fingerprint density at radius 1 is 1.26 bits per heavy atom. The first-order valence-corrected chi connectivity index (χ1v) is 12.0. The standard InChI is InChI=1S/C25H35N5O5/c1-17(13-22-27-23(16-32-3)35-28-22)7-8-26-25(31)21-6-5-18-14-19(33-4)15-20(24(18)34-21)30-11-9-29(2)10-12-30/h7,14-15,21H,5-6,8-13,16H2,1-4H3,(H,26,31). The van der Waals surface area contributed by atoms with Crippen molar-refractivity contribution >= 4 is 11.6 Å². The molecule has 0 saturated carbocycles. The van der Waals surface area contributed by atoms with Crippen molar-refractivity contribution < 1.29 is 23.5 Å². The van der Waals surface area contributed by atoms with Crippen LogP contribution in [0.25, 0.3) is 0 Å². The number of nitrogens with zero attached hydrogens (tertiary/aromatic N) is 4. The summed E-state index contributed by atoms with van der Waals surface area (Å²) in [5, 5.41) is 6.93. The molecule has 4 rings (SSSR count). The van der Waals surface area contributed by atoms with Gasteiger partial charge in [0.05, 0.1) is 12.8 Å². The fourth-order valence-corrected chi connectivity index (χ4v) is 4.34. The lowest BCUT2D eigenvalue weighted by Crippen LogP contribution is -2.45. The number of fused-ring (bicyclic) bond motifs is 1. The predicted octanol–water partition coefficient (Wildman–Crippen LogP) is 1.98. The van der Waals surface area contributed by atoms with Crippen molar-refractivity contribution in [1.82, 2.24) is 20.4 Å². The number of carbonyl (C=O) groups is 1.